The van der Waals surface area contributed by atoms with Crippen LogP contribution < -0.4 is 21.7 Å². The lowest BCUT2D eigenvalue weighted by Gasteiger charge is -2.25. The molecular formula is C16H29N4O5. The molecule has 25 heavy (non-hydrogen) atoms. The molecule has 0 aromatic rings. The van der Waals surface area contributed by atoms with E-state index in [0.29, 0.717) is 0 Å². The first kappa shape index (κ1) is 23.0. The zero-order chi connectivity index (χ0) is 19.6. The van der Waals surface area contributed by atoms with Crippen molar-refractivity contribution < 1.29 is 24.3 Å². The van der Waals surface area contributed by atoms with Crippen LogP contribution in [0.1, 0.15) is 34.1 Å². The Morgan fingerprint density at radius 1 is 1.12 bits per heavy atom. The Bertz CT molecular complexity index is 469. The number of rotatable bonds is 11. The fraction of sp³-hybridized carbons (Fsp3) is 0.750. The van der Waals surface area contributed by atoms with Crippen molar-refractivity contribution in [3.05, 3.63) is 0 Å². The van der Waals surface area contributed by atoms with Gasteiger partial charge in [-0.25, -0.2) is 0 Å². The molecule has 1 radical (unpaired) electrons. The third-order valence-electron chi connectivity index (χ3n) is 3.89. The zero-order valence-corrected chi connectivity index (χ0v) is 15.2. The predicted molar refractivity (Wildman–Crippen MR) is 91.9 cm³/mol. The Hall–Kier alpha value is -2.00. The number of hydrogen-bond acceptors (Lipinski definition) is 6. The second-order valence-electron chi connectivity index (χ2n) is 6.28. The van der Waals surface area contributed by atoms with Gasteiger partial charge >= 0.3 is 0 Å². The highest BCUT2D eigenvalue weighted by molar-refractivity contribution is 5.92. The average molecular weight is 357 g/mol. The monoisotopic (exact) mass is 357 g/mol. The van der Waals surface area contributed by atoms with Crippen molar-refractivity contribution in [3.8, 4) is 0 Å². The van der Waals surface area contributed by atoms with Gasteiger partial charge in [-0.2, -0.15) is 0 Å². The number of aliphatic hydroxyl groups is 1. The number of carbonyl (C=O) groups is 3. The van der Waals surface area contributed by atoms with E-state index >= 15 is 0 Å². The molecule has 0 fully saturated rings. The van der Waals surface area contributed by atoms with Gasteiger partial charge in [0, 0.05) is 0 Å². The summed E-state index contributed by atoms with van der Waals surface area (Å²) in [6.07, 6.45) is 2.18. The molecule has 0 unspecified atom stereocenters. The normalized spacial score (nSPS) is 15.6. The number of hydrogen-bond donors (Lipinski definition) is 5. The number of nitrogens with two attached hydrogens (primary N) is 1. The lowest BCUT2D eigenvalue weighted by molar-refractivity contribution is -0.132. The number of aliphatic hydroxyl groups excluding tert-OH is 1. The van der Waals surface area contributed by atoms with Gasteiger partial charge in [0.25, 0.3) is 0 Å². The van der Waals surface area contributed by atoms with E-state index in [1.54, 1.807) is 13.8 Å². The van der Waals surface area contributed by atoms with Crippen molar-refractivity contribution in [2.24, 2.45) is 17.6 Å². The van der Waals surface area contributed by atoms with Crippen LogP contribution in [0.25, 0.3) is 0 Å². The Labute approximate surface area is 148 Å². The number of amides is 3. The van der Waals surface area contributed by atoms with Crippen LogP contribution in [0.15, 0.2) is 0 Å². The molecular weight excluding hydrogens is 328 g/mol. The predicted octanol–water partition coefficient (Wildman–Crippen LogP) is -1.80. The number of carbonyl (C=O) groups excluding carboxylic acids is 4. The minimum absolute atomic E-state index is 0.0309. The maximum Gasteiger partial charge on any atom is 0.243 e. The van der Waals surface area contributed by atoms with E-state index in [2.05, 4.69) is 16.0 Å². The van der Waals surface area contributed by atoms with Gasteiger partial charge in [0.05, 0.1) is 19.2 Å². The highest BCUT2D eigenvalue weighted by Crippen LogP contribution is 2.07. The van der Waals surface area contributed by atoms with E-state index < -0.39 is 49.0 Å². The average Bonchev–Trinajstić information content (AvgIpc) is 2.59. The van der Waals surface area contributed by atoms with Crippen LogP contribution in [0.4, 0.5) is 0 Å². The molecule has 6 N–H and O–H groups in total. The summed E-state index contributed by atoms with van der Waals surface area (Å²) in [7, 11) is 0. The van der Waals surface area contributed by atoms with E-state index in [9.17, 15) is 19.2 Å². The molecule has 0 aromatic carbocycles. The van der Waals surface area contributed by atoms with Gasteiger partial charge in [-0.1, -0.05) is 34.1 Å². The Kier molecular flexibility index (Phi) is 10.6. The molecule has 143 valence electrons. The molecule has 0 saturated heterocycles. The molecule has 9 heteroatoms. The molecule has 3 amide bonds. The van der Waals surface area contributed by atoms with Gasteiger partial charge in [0.15, 0.2) is 0 Å². The summed E-state index contributed by atoms with van der Waals surface area (Å²) in [4.78, 5) is 46.4. The topological polar surface area (TPSA) is 151 Å². The largest absolute Gasteiger partial charge is 0.394 e. The van der Waals surface area contributed by atoms with Crippen LogP contribution in [0, 0.1) is 11.8 Å². The summed E-state index contributed by atoms with van der Waals surface area (Å²) in [6, 6.07) is -2.71. The van der Waals surface area contributed by atoms with Crippen LogP contribution in [-0.2, 0) is 19.2 Å². The smallest absolute Gasteiger partial charge is 0.243 e. The molecule has 4 atom stereocenters. The lowest BCUT2D eigenvalue weighted by atomic mass is 9.97. The fourth-order valence-corrected chi connectivity index (χ4v) is 1.93. The molecule has 0 aliphatic heterocycles. The van der Waals surface area contributed by atoms with Gasteiger partial charge in [0.2, 0.25) is 24.0 Å². The zero-order valence-electron chi connectivity index (χ0n) is 15.2. The molecule has 0 aliphatic rings. The molecule has 0 heterocycles. The summed E-state index contributed by atoms with van der Waals surface area (Å²) in [5, 5.41) is 16.0. The number of nitrogens with one attached hydrogen (secondary N) is 3. The van der Waals surface area contributed by atoms with Crippen LogP contribution in [0.2, 0.25) is 0 Å². The van der Waals surface area contributed by atoms with Gasteiger partial charge in [-0.15, -0.1) is 0 Å². The molecule has 0 rings (SSSR count). The van der Waals surface area contributed by atoms with Crippen molar-refractivity contribution in [1.29, 1.82) is 0 Å². The Morgan fingerprint density at radius 2 is 1.72 bits per heavy atom. The highest BCUT2D eigenvalue weighted by atomic mass is 16.3. The molecule has 0 bridgehead atoms. The first-order valence-corrected chi connectivity index (χ1v) is 8.29. The van der Waals surface area contributed by atoms with Crippen LogP contribution in [0.3, 0.4) is 0 Å². The van der Waals surface area contributed by atoms with Crippen molar-refractivity contribution in [3.63, 3.8) is 0 Å². The van der Waals surface area contributed by atoms with Crippen molar-refractivity contribution in [1.82, 2.24) is 16.0 Å². The van der Waals surface area contributed by atoms with Crippen LogP contribution in [0.5, 0.6) is 0 Å². The Morgan fingerprint density at radius 3 is 2.16 bits per heavy atom. The third-order valence-corrected chi connectivity index (χ3v) is 3.89. The van der Waals surface area contributed by atoms with E-state index in [0.717, 1.165) is 6.42 Å². The summed E-state index contributed by atoms with van der Waals surface area (Å²) >= 11 is 0. The summed E-state index contributed by atoms with van der Waals surface area (Å²) in [5.41, 5.74) is 5.86. The van der Waals surface area contributed by atoms with E-state index in [-0.39, 0.29) is 11.8 Å². The highest BCUT2D eigenvalue weighted by Gasteiger charge is 2.28. The molecule has 9 nitrogen and oxygen atoms in total. The van der Waals surface area contributed by atoms with Gasteiger partial charge in [-0.05, 0) is 11.8 Å². The SMILES string of the molecule is CC[C@H](C)[C@H](N)C(=O)N[C@H](C(=O)NCC(=O)N[C@H]([C]=O)CO)C(C)C. The van der Waals surface area contributed by atoms with Crippen molar-refractivity contribution in [2.45, 2.75) is 52.2 Å². The second-order valence-corrected chi connectivity index (χ2v) is 6.28. The van der Waals surface area contributed by atoms with Crippen molar-refractivity contribution in [2.75, 3.05) is 13.2 Å². The second kappa shape index (κ2) is 11.5. The maximum atomic E-state index is 12.2. The minimum Gasteiger partial charge on any atom is -0.394 e. The maximum absolute atomic E-state index is 12.2. The summed E-state index contributed by atoms with van der Waals surface area (Å²) in [5.74, 6) is -1.86. The standard InChI is InChI=1S/C16H29N4O5/c1-5-10(4)13(17)15(24)20-14(9(2)3)16(25)18-6-12(23)19-11(7-21)8-22/h9-11,13-14,21H,5-7,17H2,1-4H3,(H,18,25)(H,19,23)(H,20,24)/t10-,11-,13-,14-/m0/s1. The van der Waals surface area contributed by atoms with Gasteiger partial charge in [0.1, 0.15) is 12.1 Å². The first-order chi connectivity index (χ1) is 11.7. The Balaban J connectivity index is 4.67. The molecule has 0 aliphatic carbocycles. The third kappa shape index (κ3) is 8.08. The molecule has 0 saturated carbocycles. The lowest BCUT2D eigenvalue weighted by Crippen LogP contribution is -2.56. The molecule has 0 aromatic heterocycles. The first-order valence-electron chi connectivity index (χ1n) is 8.29. The van der Waals surface area contributed by atoms with Crippen LogP contribution >= 0.6 is 0 Å². The van der Waals surface area contributed by atoms with E-state index in [1.165, 1.54) is 6.29 Å². The summed E-state index contributed by atoms with van der Waals surface area (Å²) in [6.45, 7) is 6.29. The fourth-order valence-electron chi connectivity index (χ4n) is 1.93. The van der Waals surface area contributed by atoms with E-state index in [1.807, 2.05) is 13.8 Å². The summed E-state index contributed by atoms with van der Waals surface area (Å²) < 4.78 is 0. The van der Waals surface area contributed by atoms with Crippen molar-refractivity contribution >= 4 is 24.0 Å². The van der Waals surface area contributed by atoms with Crippen LogP contribution in [-0.4, -0.2) is 60.4 Å². The van der Waals surface area contributed by atoms with E-state index in [4.69, 9.17) is 10.8 Å². The van der Waals surface area contributed by atoms with Gasteiger partial charge < -0.3 is 26.8 Å². The minimum atomic E-state index is -1.14. The quantitative estimate of drug-likeness (QED) is 0.294. The molecule has 0 spiro atoms. The van der Waals surface area contributed by atoms with Gasteiger partial charge in [-0.3, -0.25) is 19.2 Å².